The molecule has 1 saturated heterocycles. The largest absolute Gasteiger partial charge is 0.493 e. The number of benzene rings is 2. The fraction of sp³-hybridized carbons (Fsp3) is 0.348. The summed E-state index contributed by atoms with van der Waals surface area (Å²) in [4.78, 5) is 20.2. The van der Waals surface area contributed by atoms with Crippen molar-refractivity contribution in [2.24, 2.45) is 0 Å². The van der Waals surface area contributed by atoms with Gasteiger partial charge in [0.1, 0.15) is 0 Å². The van der Waals surface area contributed by atoms with Crippen LogP contribution in [0.25, 0.3) is 11.3 Å². The number of aromatic nitrogens is 1. The van der Waals surface area contributed by atoms with E-state index >= 15 is 0 Å². The molecular formula is C23H26N4O4S2. The maximum absolute atomic E-state index is 11.3. The molecule has 3 aromatic rings. The Kier molecular flexibility index (Phi) is 7.69. The highest BCUT2D eigenvalue weighted by Gasteiger charge is 2.20. The van der Waals surface area contributed by atoms with Gasteiger partial charge in [-0.15, -0.1) is 0 Å². The number of nitro benzene ring substituents is 1. The number of methoxy groups -OCH3 is 2. The fourth-order valence-corrected chi connectivity index (χ4v) is 5.52. The number of non-ortho nitro benzene ring substituents is 1. The fourth-order valence-electron chi connectivity index (χ4n) is 3.80. The smallest absolute Gasteiger partial charge is 0.270 e. The second kappa shape index (κ2) is 10.9. The van der Waals surface area contributed by atoms with E-state index in [0.29, 0.717) is 11.5 Å². The first-order valence-corrected chi connectivity index (χ1v) is 12.3. The van der Waals surface area contributed by atoms with Crippen LogP contribution in [0.15, 0.2) is 47.4 Å². The lowest BCUT2D eigenvalue weighted by Gasteiger charge is -2.26. The second-order valence-electron chi connectivity index (χ2n) is 7.66. The number of hydrogen-bond donors (Lipinski definition) is 1. The van der Waals surface area contributed by atoms with Crippen LogP contribution in [0.3, 0.4) is 0 Å². The van der Waals surface area contributed by atoms with Gasteiger partial charge >= 0.3 is 0 Å². The Morgan fingerprint density at radius 3 is 2.64 bits per heavy atom. The molecule has 0 aliphatic carbocycles. The molecule has 0 radical (unpaired) electrons. The molecule has 0 amide bonds. The first kappa shape index (κ1) is 23.3. The highest BCUT2D eigenvalue weighted by atomic mass is 32.2. The molecule has 0 saturated carbocycles. The highest BCUT2D eigenvalue weighted by Crippen LogP contribution is 2.37. The van der Waals surface area contributed by atoms with Crippen molar-refractivity contribution in [2.45, 2.75) is 30.7 Å². The van der Waals surface area contributed by atoms with E-state index < -0.39 is 0 Å². The summed E-state index contributed by atoms with van der Waals surface area (Å²) in [6.07, 6.45) is 3.67. The summed E-state index contributed by atoms with van der Waals surface area (Å²) in [5.74, 6) is 1.33. The summed E-state index contributed by atoms with van der Waals surface area (Å²) < 4.78 is 14.0. The van der Waals surface area contributed by atoms with E-state index in [9.17, 15) is 10.1 Å². The van der Waals surface area contributed by atoms with Gasteiger partial charge in [-0.2, -0.15) is 0 Å². The maximum atomic E-state index is 11.3. The van der Waals surface area contributed by atoms with Crippen LogP contribution in [-0.2, 0) is 6.54 Å². The van der Waals surface area contributed by atoms with E-state index in [-0.39, 0.29) is 10.6 Å². The number of piperidine rings is 1. The second-order valence-corrected chi connectivity index (χ2v) is 9.62. The van der Waals surface area contributed by atoms with E-state index in [1.165, 1.54) is 37.3 Å². The molecule has 0 bridgehead atoms. The molecule has 2 heterocycles. The predicted octanol–water partition coefficient (Wildman–Crippen LogP) is 5.84. The highest BCUT2D eigenvalue weighted by molar-refractivity contribution is 8.00. The number of nitrogens with one attached hydrogen (secondary N) is 1. The number of rotatable bonds is 9. The van der Waals surface area contributed by atoms with Gasteiger partial charge in [0, 0.05) is 34.0 Å². The van der Waals surface area contributed by atoms with E-state index in [1.54, 1.807) is 37.7 Å². The van der Waals surface area contributed by atoms with Crippen LogP contribution >= 0.6 is 23.3 Å². The minimum absolute atomic E-state index is 0.0682. The summed E-state index contributed by atoms with van der Waals surface area (Å²) in [7, 11) is 3.22. The normalized spacial score (nSPS) is 14.1. The Bertz CT molecular complexity index is 1120. The molecule has 33 heavy (non-hydrogen) atoms. The number of nitro groups is 1. The van der Waals surface area contributed by atoms with Crippen molar-refractivity contribution in [3.05, 3.63) is 57.5 Å². The van der Waals surface area contributed by atoms with Crippen molar-refractivity contribution in [3.63, 3.8) is 0 Å². The lowest BCUT2D eigenvalue weighted by Crippen LogP contribution is -2.28. The average Bonchev–Trinajstić information content (AvgIpc) is 3.25. The first-order valence-electron chi connectivity index (χ1n) is 10.7. The number of hydrogen-bond acceptors (Lipinski definition) is 9. The van der Waals surface area contributed by atoms with Crippen molar-refractivity contribution < 1.29 is 14.4 Å². The monoisotopic (exact) mass is 486 g/mol. The van der Waals surface area contributed by atoms with E-state index in [1.807, 2.05) is 24.3 Å². The Morgan fingerprint density at radius 1 is 1.12 bits per heavy atom. The van der Waals surface area contributed by atoms with Gasteiger partial charge in [-0.25, -0.2) is 4.98 Å². The molecule has 1 N–H and O–H groups in total. The molecule has 8 nitrogen and oxygen atoms in total. The van der Waals surface area contributed by atoms with Crippen LogP contribution in [-0.4, -0.2) is 42.1 Å². The third-order valence-electron chi connectivity index (χ3n) is 5.45. The number of nitrogens with zero attached hydrogens (tertiary/aromatic N) is 3. The molecule has 1 aromatic heterocycles. The standard InChI is InChI=1S/C23H26N4O4S2/c1-30-19-10-9-18(14-20(19)31-2)33-25-23-24-22(16-7-6-8-17(13-16)27(28)29)21(32-23)15-26-11-4-3-5-12-26/h6-10,13-14H,3-5,11-12,15H2,1-2H3,(H,24,25). The van der Waals surface area contributed by atoms with Crippen LogP contribution in [0.2, 0.25) is 0 Å². The summed E-state index contributed by atoms with van der Waals surface area (Å²) in [6.45, 7) is 2.92. The quantitative estimate of drug-likeness (QED) is 0.229. The van der Waals surface area contributed by atoms with Crippen molar-refractivity contribution in [1.29, 1.82) is 0 Å². The Morgan fingerprint density at radius 2 is 1.91 bits per heavy atom. The lowest BCUT2D eigenvalue weighted by molar-refractivity contribution is -0.384. The summed E-state index contributed by atoms with van der Waals surface area (Å²) in [6, 6.07) is 12.4. The SMILES string of the molecule is COc1ccc(SNc2nc(-c3cccc([N+](=O)[O-])c3)c(CN3CCCCC3)s2)cc1OC. The third kappa shape index (κ3) is 5.76. The average molecular weight is 487 g/mol. The summed E-state index contributed by atoms with van der Waals surface area (Å²) >= 11 is 3.02. The van der Waals surface area contributed by atoms with Gasteiger partial charge in [0.05, 0.1) is 24.8 Å². The van der Waals surface area contributed by atoms with E-state index in [2.05, 4.69) is 9.62 Å². The number of likely N-dealkylation sites (tertiary alicyclic amines) is 1. The maximum Gasteiger partial charge on any atom is 0.270 e. The molecule has 2 aromatic carbocycles. The van der Waals surface area contributed by atoms with Crippen LogP contribution < -0.4 is 14.2 Å². The Hall–Kier alpha value is -2.82. The van der Waals surface area contributed by atoms with Crippen molar-refractivity contribution in [3.8, 4) is 22.8 Å². The molecular weight excluding hydrogens is 460 g/mol. The van der Waals surface area contributed by atoms with Crippen molar-refractivity contribution in [2.75, 3.05) is 32.0 Å². The molecule has 10 heteroatoms. The number of ether oxygens (including phenoxy) is 2. The molecule has 1 aliphatic heterocycles. The third-order valence-corrected chi connectivity index (χ3v) is 7.32. The first-order chi connectivity index (χ1) is 16.1. The van der Waals surface area contributed by atoms with Gasteiger partial charge in [-0.05, 0) is 56.1 Å². The molecule has 0 spiro atoms. The molecule has 0 unspecified atom stereocenters. The van der Waals surface area contributed by atoms with Gasteiger partial charge in [0.15, 0.2) is 16.6 Å². The zero-order chi connectivity index (χ0) is 23.2. The van der Waals surface area contributed by atoms with Crippen molar-refractivity contribution in [1.82, 2.24) is 9.88 Å². The number of thiazole rings is 1. The molecule has 1 aliphatic rings. The minimum Gasteiger partial charge on any atom is -0.493 e. The molecule has 1 fully saturated rings. The predicted molar refractivity (Wildman–Crippen MR) is 132 cm³/mol. The van der Waals surface area contributed by atoms with E-state index in [4.69, 9.17) is 14.5 Å². The lowest BCUT2D eigenvalue weighted by atomic mass is 10.1. The van der Waals surface area contributed by atoms with Crippen LogP contribution in [0, 0.1) is 10.1 Å². The Labute approximate surface area is 201 Å². The summed E-state index contributed by atoms with van der Waals surface area (Å²) in [5, 5.41) is 12.0. The Balaban J connectivity index is 1.59. The van der Waals surface area contributed by atoms with Gasteiger partial charge < -0.3 is 14.2 Å². The van der Waals surface area contributed by atoms with Crippen molar-refractivity contribution >= 4 is 34.1 Å². The number of anilines is 1. The van der Waals surface area contributed by atoms with Crippen LogP contribution in [0.4, 0.5) is 10.8 Å². The molecule has 174 valence electrons. The van der Waals surface area contributed by atoms with Crippen LogP contribution in [0.5, 0.6) is 11.5 Å². The summed E-state index contributed by atoms with van der Waals surface area (Å²) in [5.41, 5.74) is 1.62. The molecule has 4 rings (SSSR count). The zero-order valence-electron chi connectivity index (χ0n) is 18.6. The molecule has 0 atom stereocenters. The zero-order valence-corrected chi connectivity index (χ0v) is 20.2. The van der Waals surface area contributed by atoms with Gasteiger partial charge in [0.2, 0.25) is 0 Å². The van der Waals surface area contributed by atoms with Gasteiger partial charge in [0.25, 0.3) is 5.69 Å². The minimum atomic E-state index is -0.369. The van der Waals surface area contributed by atoms with Gasteiger partial charge in [-0.1, -0.05) is 29.9 Å². The topological polar surface area (TPSA) is 89.8 Å². The van der Waals surface area contributed by atoms with E-state index in [0.717, 1.165) is 45.8 Å². The van der Waals surface area contributed by atoms with Crippen LogP contribution in [0.1, 0.15) is 24.1 Å². The van der Waals surface area contributed by atoms with Gasteiger partial charge in [-0.3, -0.25) is 15.0 Å².